The van der Waals surface area contributed by atoms with Crippen molar-refractivity contribution in [3.05, 3.63) is 29.3 Å². The van der Waals surface area contributed by atoms with Gasteiger partial charge in [-0.15, -0.1) is 0 Å². The number of rotatable bonds is 5. The molecular formula is C21H24N2O5. The Morgan fingerprint density at radius 1 is 1.11 bits per heavy atom. The van der Waals surface area contributed by atoms with E-state index in [4.69, 9.17) is 4.74 Å². The van der Waals surface area contributed by atoms with Crippen LogP contribution in [0.2, 0.25) is 0 Å². The molecule has 2 bridgehead atoms. The van der Waals surface area contributed by atoms with Gasteiger partial charge in [0, 0.05) is 5.69 Å². The maximum Gasteiger partial charge on any atom is 0.326 e. The Morgan fingerprint density at radius 3 is 2.39 bits per heavy atom. The normalized spacial score (nSPS) is 27.9. The zero-order valence-corrected chi connectivity index (χ0v) is 16.1. The Labute approximate surface area is 163 Å². The predicted octanol–water partition coefficient (Wildman–Crippen LogP) is 1.82. The van der Waals surface area contributed by atoms with Crippen molar-refractivity contribution < 1.29 is 23.9 Å². The van der Waals surface area contributed by atoms with Crippen molar-refractivity contribution >= 4 is 29.4 Å². The maximum atomic E-state index is 12.6. The molecule has 0 unspecified atom stereocenters. The van der Waals surface area contributed by atoms with Crippen molar-refractivity contribution in [2.75, 3.05) is 18.5 Å². The minimum absolute atomic E-state index is 0.251. The molecule has 0 radical (unpaired) electrons. The Morgan fingerprint density at radius 2 is 1.75 bits per heavy atom. The van der Waals surface area contributed by atoms with E-state index in [0.29, 0.717) is 5.69 Å². The minimum atomic E-state index is -0.745. The topological polar surface area (TPSA) is 92.8 Å². The van der Waals surface area contributed by atoms with Gasteiger partial charge in [-0.05, 0) is 62.1 Å². The molecule has 148 valence electrons. The number of likely N-dealkylation sites (tertiary alicyclic amines) is 1. The number of hydrogen-bond donors (Lipinski definition) is 1. The standard InChI is InChI=1S/C21H24N2O5/c1-11-3-4-12(2)15(7-11)22-16(24)10-28-17(25)9-23-20(26)18-13-5-6-14(8-13)19(18)21(23)27/h3-4,7,13-14,18-19H,5-6,8-10H2,1-2H3,(H,22,24)/t13-,14-,18-,19-/m0/s1. The third-order valence-corrected chi connectivity index (χ3v) is 6.34. The predicted molar refractivity (Wildman–Crippen MR) is 100 cm³/mol. The van der Waals surface area contributed by atoms with Gasteiger partial charge in [-0.1, -0.05) is 12.1 Å². The monoisotopic (exact) mass is 384 g/mol. The van der Waals surface area contributed by atoms with Crippen LogP contribution in [0.15, 0.2) is 18.2 Å². The van der Waals surface area contributed by atoms with E-state index in [0.717, 1.165) is 35.3 Å². The summed E-state index contributed by atoms with van der Waals surface area (Å²) in [5, 5.41) is 2.71. The van der Waals surface area contributed by atoms with Crippen molar-refractivity contribution in [1.82, 2.24) is 4.90 Å². The second kappa shape index (κ2) is 7.04. The van der Waals surface area contributed by atoms with Gasteiger partial charge in [0.15, 0.2) is 6.61 Å². The third-order valence-electron chi connectivity index (χ3n) is 6.34. The van der Waals surface area contributed by atoms with Gasteiger partial charge in [0.2, 0.25) is 11.8 Å². The first kappa shape index (κ1) is 18.7. The molecule has 4 atom stereocenters. The zero-order valence-electron chi connectivity index (χ0n) is 16.1. The van der Waals surface area contributed by atoms with E-state index in [9.17, 15) is 19.2 Å². The number of ether oxygens (including phenoxy) is 1. The van der Waals surface area contributed by atoms with Crippen molar-refractivity contribution in [2.24, 2.45) is 23.7 Å². The van der Waals surface area contributed by atoms with Crippen LogP contribution in [0.4, 0.5) is 5.69 Å². The number of esters is 1. The average Bonchev–Trinajstić information content (AvgIpc) is 3.33. The summed E-state index contributed by atoms with van der Waals surface area (Å²) in [4.78, 5) is 50.4. The quantitative estimate of drug-likeness (QED) is 0.617. The van der Waals surface area contributed by atoms with Crippen LogP contribution in [0.3, 0.4) is 0 Å². The number of amides is 3. The van der Waals surface area contributed by atoms with Crippen LogP contribution in [0, 0.1) is 37.5 Å². The van der Waals surface area contributed by atoms with Crippen molar-refractivity contribution in [3.8, 4) is 0 Å². The molecule has 0 aromatic heterocycles. The van der Waals surface area contributed by atoms with Crippen LogP contribution in [-0.4, -0.2) is 41.7 Å². The zero-order chi connectivity index (χ0) is 20.0. The molecule has 3 amide bonds. The molecule has 2 aliphatic carbocycles. The highest BCUT2D eigenvalue weighted by Crippen LogP contribution is 2.56. The first-order chi connectivity index (χ1) is 13.3. The van der Waals surface area contributed by atoms with Crippen LogP contribution >= 0.6 is 0 Å². The van der Waals surface area contributed by atoms with Gasteiger partial charge >= 0.3 is 5.97 Å². The molecule has 1 saturated heterocycles. The molecule has 1 N–H and O–H groups in total. The van der Waals surface area contributed by atoms with Gasteiger partial charge in [0.1, 0.15) is 6.54 Å². The Hall–Kier alpha value is -2.70. The summed E-state index contributed by atoms with van der Waals surface area (Å²) in [6.45, 7) is 2.91. The van der Waals surface area contributed by atoms with E-state index >= 15 is 0 Å². The number of imide groups is 1. The summed E-state index contributed by atoms with van der Waals surface area (Å²) < 4.78 is 5.00. The molecule has 3 fully saturated rings. The first-order valence-electron chi connectivity index (χ1n) is 9.73. The lowest BCUT2D eigenvalue weighted by molar-refractivity contribution is -0.154. The number of carbonyl (C=O) groups excluding carboxylic acids is 4. The van der Waals surface area contributed by atoms with Gasteiger partial charge in [-0.3, -0.25) is 24.1 Å². The SMILES string of the molecule is Cc1ccc(C)c(NC(=O)COC(=O)CN2C(=O)[C@H]3[C@H]4CC[C@@H](C4)[C@@H]3C2=O)c1. The molecule has 2 saturated carbocycles. The van der Waals surface area contributed by atoms with Crippen LogP contribution in [0.5, 0.6) is 0 Å². The minimum Gasteiger partial charge on any atom is -0.454 e. The smallest absolute Gasteiger partial charge is 0.326 e. The second-order valence-corrected chi connectivity index (χ2v) is 8.17. The molecule has 3 aliphatic rings. The number of fused-ring (bicyclic) bond motifs is 5. The van der Waals surface area contributed by atoms with E-state index in [-0.39, 0.29) is 35.5 Å². The number of nitrogens with zero attached hydrogens (tertiary/aromatic N) is 1. The Kier molecular flexibility index (Phi) is 4.69. The fourth-order valence-electron chi connectivity index (χ4n) is 5.00. The first-order valence-corrected chi connectivity index (χ1v) is 9.73. The summed E-state index contributed by atoms with van der Waals surface area (Å²) in [5.74, 6) is -1.68. The van der Waals surface area contributed by atoms with Gasteiger partial charge in [0.05, 0.1) is 11.8 Å². The lowest BCUT2D eigenvalue weighted by Gasteiger charge is -2.19. The summed E-state index contributed by atoms with van der Waals surface area (Å²) in [6, 6.07) is 5.67. The van der Waals surface area contributed by atoms with Crippen molar-refractivity contribution in [2.45, 2.75) is 33.1 Å². The number of hydrogen-bond acceptors (Lipinski definition) is 5. The van der Waals surface area contributed by atoms with Gasteiger partial charge < -0.3 is 10.1 Å². The molecular weight excluding hydrogens is 360 g/mol. The van der Waals surface area contributed by atoms with Crippen LogP contribution < -0.4 is 5.32 Å². The van der Waals surface area contributed by atoms with Gasteiger partial charge in [-0.2, -0.15) is 0 Å². The summed E-state index contributed by atoms with van der Waals surface area (Å²) in [5.41, 5.74) is 2.57. The molecule has 1 heterocycles. The Balaban J connectivity index is 1.30. The molecule has 7 heteroatoms. The number of carbonyl (C=O) groups is 4. The summed E-state index contributed by atoms with van der Waals surface area (Å²) >= 11 is 0. The van der Waals surface area contributed by atoms with Crippen LogP contribution in [0.25, 0.3) is 0 Å². The Bertz CT molecular complexity index is 836. The van der Waals surface area contributed by atoms with Crippen LogP contribution in [0.1, 0.15) is 30.4 Å². The van der Waals surface area contributed by atoms with Gasteiger partial charge in [-0.25, -0.2) is 0 Å². The highest BCUT2D eigenvalue weighted by atomic mass is 16.5. The fourth-order valence-corrected chi connectivity index (χ4v) is 5.00. The number of aryl methyl sites for hydroxylation is 2. The molecule has 7 nitrogen and oxygen atoms in total. The van der Waals surface area contributed by atoms with Crippen LogP contribution in [-0.2, 0) is 23.9 Å². The highest BCUT2D eigenvalue weighted by Gasteiger charge is 2.61. The van der Waals surface area contributed by atoms with Crippen molar-refractivity contribution in [3.63, 3.8) is 0 Å². The number of anilines is 1. The number of benzene rings is 1. The number of nitrogens with one attached hydrogen (secondary N) is 1. The molecule has 1 aromatic carbocycles. The molecule has 28 heavy (non-hydrogen) atoms. The highest BCUT2D eigenvalue weighted by molar-refractivity contribution is 6.08. The summed E-state index contributed by atoms with van der Waals surface area (Å²) in [6.07, 6.45) is 2.92. The van der Waals surface area contributed by atoms with E-state index < -0.39 is 25.0 Å². The van der Waals surface area contributed by atoms with E-state index in [1.165, 1.54) is 0 Å². The van der Waals surface area contributed by atoms with E-state index in [1.807, 2.05) is 32.0 Å². The molecule has 1 aliphatic heterocycles. The fraction of sp³-hybridized carbons (Fsp3) is 0.524. The molecule has 0 spiro atoms. The van der Waals surface area contributed by atoms with E-state index in [1.54, 1.807) is 0 Å². The van der Waals surface area contributed by atoms with Gasteiger partial charge in [0.25, 0.3) is 5.91 Å². The molecule has 4 rings (SSSR count). The van der Waals surface area contributed by atoms with Crippen molar-refractivity contribution in [1.29, 1.82) is 0 Å². The van der Waals surface area contributed by atoms with E-state index in [2.05, 4.69) is 5.32 Å². The second-order valence-electron chi connectivity index (χ2n) is 8.17. The maximum absolute atomic E-state index is 12.6. The molecule has 1 aromatic rings. The third kappa shape index (κ3) is 3.19. The summed E-state index contributed by atoms with van der Waals surface area (Å²) in [7, 11) is 0. The lowest BCUT2D eigenvalue weighted by atomic mass is 9.81. The average molecular weight is 384 g/mol. The largest absolute Gasteiger partial charge is 0.454 e. The lowest BCUT2D eigenvalue weighted by Crippen LogP contribution is -2.38.